The normalized spacial score (nSPS) is 14.1. The first kappa shape index (κ1) is 23.9. The molecule has 2 N–H and O–H groups in total. The number of rotatable bonds is 5. The van der Waals surface area contributed by atoms with Crippen LogP contribution in [0.2, 0.25) is 0 Å². The zero-order chi connectivity index (χ0) is 22.8. The Morgan fingerprint density at radius 2 is 1.71 bits per heavy atom. The molecule has 1 fully saturated rings. The fourth-order valence-electron chi connectivity index (χ4n) is 3.84. The summed E-state index contributed by atoms with van der Waals surface area (Å²) in [7, 11) is 0. The van der Waals surface area contributed by atoms with Crippen molar-refractivity contribution in [2.24, 2.45) is 0 Å². The van der Waals surface area contributed by atoms with E-state index in [1.54, 1.807) is 12.1 Å². The number of nitrogens with one attached hydrogen (secondary N) is 2. The maximum absolute atomic E-state index is 14.6. The Hall–Kier alpha value is -3.27. The molecule has 0 radical (unpaired) electrons. The highest BCUT2D eigenvalue weighted by Gasteiger charge is 2.13. The molecule has 0 spiro atoms. The predicted molar refractivity (Wildman–Crippen MR) is 133 cm³/mol. The standard InChI is InChI=1S/C24H25FN8.ClH/c1-15-16(2)30-21-11-18(4-5-20(21)29-15)23-19(25)13-28-24(32-23)31-22-6-3-17(12-27-22)14-33-9-7-26-8-10-33;/h3-6,11-13,26H,7-10,14H2,1-2H3,(H,27,28,31,32);1H. The van der Waals surface area contributed by atoms with Gasteiger partial charge in [-0.15, -0.1) is 12.4 Å². The minimum absolute atomic E-state index is 0. The average molecular weight is 481 g/mol. The number of nitrogens with zero attached hydrogens (tertiary/aromatic N) is 6. The van der Waals surface area contributed by atoms with Gasteiger partial charge in [-0.25, -0.2) is 29.3 Å². The number of halogens is 2. The third-order valence-electron chi connectivity index (χ3n) is 5.77. The largest absolute Gasteiger partial charge is 0.314 e. The summed E-state index contributed by atoms with van der Waals surface area (Å²) < 4.78 is 14.6. The van der Waals surface area contributed by atoms with E-state index in [4.69, 9.17) is 0 Å². The number of benzene rings is 1. The van der Waals surface area contributed by atoms with Crippen molar-refractivity contribution >= 4 is 35.2 Å². The molecule has 0 amide bonds. The monoisotopic (exact) mass is 480 g/mol. The summed E-state index contributed by atoms with van der Waals surface area (Å²) in [6.07, 6.45) is 3.01. The van der Waals surface area contributed by atoms with Crippen LogP contribution in [-0.4, -0.2) is 56.0 Å². The number of hydrogen-bond acceptors (Lipinski definition) is 8. The van der Waals surface area contributed by atoms with E-state index in [0.717, 1.165) is 55.2 Å². The lowest BCUT2D eigenvalue weighted by Crippen LogP contribution is -2.42. The van der Waals surface area contributed by atoms with Crippen molar-refractivity contribution in [2.45, 2.75) is 20.4 Å². The lowest BCUT2D eigenvalue weighted by molar-refractivity contribution is 0.233. The molecule has 10 heteroatoms. The number of fused-ring (bicyclic) bond motifs is 1. The summed E-state index contributed by atoms with van der Waals surface area (Å²) in [5, 5.41) is 6.43. The molecule has 5 rings (SSSR count). The smallest absolute Gasteiger partial charge is 0.229 e. The van der Waals surface area contributed by atoms with E-state index in [0.29, 0.717) is 16.9 Å². The Bertz CT molecular complexity index is 1290. The average Bonchev–Trinajstić information content (AvgIpc) is 2.83. The first-order valence-electron chi connectivity index (χ1n) is 11.0. The molecule has 0 unspecified atom stereocenters. The zero-order valence-electron chi connectivity index (χ0n) is 19.0. The van der Waals surface area contributed by atoms with Crippen LogP contribution < -0.4 is 10.6 Å². The van der Waals surface area contributed by atoms with Gasteiger partial charge in [0.25, 0.3) is 0 Å². The van der Waals surface area contributed by atoms with Gasteiger partial charge in [-0.3, -0.25) is 4.90 Å². The maximum atomic E-state index is 14.6. The third kappa shape index (κ3) is 5.27. The van der Waals surface area contributed by atoms with Crippen LogP contribution in [0.4, 0.5) is 16.2 Å². The molecule has 1 aliphatic heterocycles. The van der Waals surface area contributed by atoms with Gasteiger partial charge < -0.3 is 10.6 Å². The predicted octanol–water partition coefficient (Wildman–Crippen LogP) is 3.81. The van der Waals surface area contributed by atoms with Crippen LogP contribution in [0.25, 0.3) is 22.3 Å². The van der Waals surface area contributed by atoms with E-state index < -0.39 is 5.82 Å². The van der Waals surface area contributed by atoms with Crippen molar-refractivity contribution < 1.29 is 4.39 Å². The first-order valence-corrected chi connectivity index (χ1v) is 11.0. The summed E-state index contributed by atoms with van der Waals surface area (Å²) >= 11 is 0. The van der Waals surface area contributed by atoms with Crippen LogP contribution in [0.15, 0.2) is 42.7 Å². The zero-order valence-corrected chi connectivity index (χ0v) is 19.9. The molecule has 0 bridgehead atoms. The molecule has 0 aliphatic carbocycles. The Balaban J connectivity index is 0.00000274. The molecule has 3 aromatic heterocycles. The SMILES string of the molecule is Cc1nc2ccc(-c3nc(Nc4ccc(CN5CCNCC5)cn4)ncc3F)cc2nc1C.Cl. The lowest BCUT2D eigenvalue weighted by atomic mass is 10.1. The number of aromatic nitrogens is 5. The van der Waals surface area contributed by atoms with Crippen LogP contribution in [0.5, 0.6) is 0 Å². The summed E-state index contributed by atoms with van der Waals surface area (Å²) in [5.74, 6) is 0.378. The van der Waals surface area contributed by atoms with Gasteiger partial charge in [0.15, 0.2) is 5.82 Å². The van der Waals surface area contributed by atoms with Gasteiger partial charge in [-0.1, -0.05) is 12.1 Å². The molecule has 1 saturated heterocycles. The van der Waals surface area contributed by atoms with Crippen molar-refractivity contribution in [3.8, 4) is 11.3 Å². The van der Waals surface area contributed by atoms with Crippen molar-refractivity contribution in [2.75, 3.05) is 31.5 Å². The number of pyridine rings is 1. The fraction of sp³-hybridized carbons (Fsp3) is 0.292. The number of aryl methyl sites for hydroxylation is 2. The van der Waals surface area contributed by atoms with Gasteiger partial charge in [-0.2, -0.15) is 0 Å². The quantitative estimate of drug-likeness (QED) is 0.445. The maximum Gasteiger partial charge on any atom is 0.229 e. The number of anilines is 2. The molecular formula is C24H26ClFN8. The van der Waals surface area contributed by atoms with Crippen molar-refractivity contribution in [3.05, 3.63) is 65.5 Å². The second-order valence-corrected chi connectivity index (χ2v) is 8.19. The van der Waals surface area contributed by atoms with E-state index >= 15 is 0 Å². The van der Waals surface area contributed by atoms with E-state index in [-0.39, 0.29) is 24.0 Å². The van der Waals surface area contributed by atoms with E-state index in [1.807, 2.05) is 38.2 Å². The summed E-state index contributed by atoms with van der Waals surface area (Å²) in [4.78, 5) is 24.5. The van der Waals surface area contributed by atoms with Crippen LogP contribution in [0.3, 0.4) is 0 Å². The third-order valence-corrected chi connectivity index (χ3v) is 5.77. The van der Waals surface area contributed by atoms with Gasteiger partial charge in [0.2, 0.25) is 5.95 Å². The topological polar surface area (TPSA) is 91.8 Å². The summed E-state index contributed by atoms with van der Waals surface area (Å²) in [5.41, 5.74) is 5.14. The Morgan fingerprint density at radius 1 is 0.941 bits per heavy atom. The van der Waals surface area contributed by atoms with Crippen molar-refractivity contribution in [3.63, 3.8) is 0 Å². The van der Waals surface area contributed by atoms with Crippen LogP contribution in [-0.2, 0) is 6.54 Å². The molecule has 8 nitrogen and oxygen atoms in total. The molecule has 0 atom stereocenters. The summed E-state index contributed by atoms with van der Waals surface area (Å²) in [6.45, 7) is 8.79. The highest BCUT2D eigenvalue weighted by Crippen LogP contribution is 2.25. The lowest BCUT2D eigenvalue weighted by Gasteiger charge is -2.27. The number of hydrogen-bond donors (Lipinski definition) is 2. The molecule has 34 heavy (non-hydrogen) atoms. The van der Waals surface area contributed by atoms with E-state index in [2.05, 4.69) is 40.5 Å². The highest BCUT2D eigenvalue weighted by atomic mass is 35.5. The van der Waals surface area contributed by atoms with Crippen molar-refractivity contribution in [1.29, 1.82) is 0 Å². The number of piperazine rings is 1. The molecule has 0 saturated carbocycles. The van der Waals surface area contributed by atoms with Gasteiger partial charge in [0.1, 0.15) is 11.5 Å². The minimum Gasteiger partial charge on any atom is -0.314 e. The van der Waals surface area contributed by atoms with Crippen molar-refractivity contribution in [1.82, 2.24) is 35.1 Å². The Morgan fingerprint density at radius 3 is 2.44 bits per heavy atom. The van der Waals surface area contributed by atoms with Crippen LogP contribution in [0, 0.1) is 19.7 Å². The molecule has 4 heterocycles. The van der Waals surface area contributed by atoms with Gasteiger partial charge in [-0.05, 0) is 37.6 Å². The molecule has 4 aromatic rings. The second-order valence-electron chi connectivity index (χ2n) is 8.19. The highest BCUT2D eigenvalue weighted by molar-refractivity contribution is 5.85. The molecular weight excluding hydrogens is 455 g/mol. The Kier molecular flexibility index (Phi) is 7.26. The van der Waals surface area contributed by atoms with E-state index in [1.165, 1.54) is 6.20 Å². The molecule has 176 valence electrons. The minimum atomic E-state index is -0.504. The molecule has 1 aliphatic rings. The first-order chi connectivity index (χ1) is 16.0. The summed E-state index contributed by atoms with van der Waals surface area (Å²) in [6, 6.07) is 9.35. The molecule has 1 aromatic carbocycles. The van der Waals surface area contributed by atoms with Gasteiger partial charge in [0, 0.05) is 44.5 Å². The van der Waals surface area contributed by atoms with Crippen LogP contribution in [0.1, 0.15) is 17.0 Å². The second kappa shape index (κ2) is 10.3. The van der Waals surface area contributed by atoms with Gasteiger partial charge >= 0.3 is 0 Å². The van der Waals surface area contributed by atoms with Crippen LogP contribution >= 0.6 is 12.4 Å². The van der Waals surface area contributed by atoms with Gasteiger partial charge in [0.05, 0.1) is 28.6 Å². The Labute approximate surface area is 203 Å². The van der Waals surface area contributed by atoms with E-state index in [9.17, 15) is 4.39 Å². The fourth-order valence-corrected chi connectivity index (χ4v) is 3.84.